The summed E-state index contributed by atoms with van der Waals surface area (Å²) < 4.78 is 6.24. The number of piperidine rings is 1. The van der Waals surface area contributed by atoms with Gasteiger partial charge in [-0.15, -0.1) is 0 Å². The molecule has 2 saturated carbocycles. The van der Waals surface area contributed by atoms with Crippen molar-refractivity contribution < 1.29 is 9.53 Å². The first-order chi connectivity index (χ1) is 11.6. The molecule has 4 atom stereocenters. The van der Waals surface area contributed by atoms with E-state index in [-0.39, 0.29) is 22.8 Å². The lowest BCUT2D eigenvalue weighted by Gasteiger charge is -2.63. The molecule has 0 amide bonds. The monoisotopic (exact) mass is 324 g/mol. The maximum atomic E-state index is 12.7. The van der Waals surface area contributed by atoms with Crippen molar-refractivity contribution in [2.24, 2.45) is 11.7 Å². The van der Waals surface area contributed by atoms with Gasteiger partial charge in [-0.1, -0.05) is 12.1 Å². The van der Waals surface area contributed by atoms with Gasteiger partial charge in [-0.2, -0.15) is 0 Å². The van der Waals surface area contributed by atoms with Gasteiger partial charge in [0.2, 0.25) is 0 Å². The Morgan fingerprint density at radius 1 is 1.29 bits per heavy atom. The molecule has 0 radical (unpaired) electrons. The van der Waals surface area contributed by atoms with E-state index >= 15 is 0 Å². The molecule has 2 aliphatic heterocycles. The molecule has 4 heteroatoms. The molecule has 0 unspecified atom stereocenters. The number of hydrogen-bond donors (Lipinski definition) is 1. The zero-order valence-corrected chi connectivity index (χ0v) is 14.0. The number of ketones is 1. The molecular formula is C20H24N2O2. The minimum absolute atomic E-state index is 0.259. The summed E-state index contributed by atoms with van der Waals surface area (Å²) in [5, 5.41) is 0. The van der Waals surface area contributed by atoms with Crippen LogP contribution >= 0.6 is 0 Å². The first-order valence-corrected chi connectivity index (χ1v) is 9.48. The van der Waals surface area contributed by atoms with Gasteiger partial charge in [-0.05, 0) is 56.2 Å². The minimum Gasteiger partial charge on any atom is -0.481 e. The van der Waals surface area contributed by atoms with E-state index in [4.69, 9.17) is 10.5 Å². The predicted octanol–water partition coefficient (Wildman–Crippen LogP) is 1.79. The highest BCUT2D eigenvalue weighted by molar-refractivity contribution is 5.89. The van der Waals surface area contributed by atoms with Crippen molar-refractivity contribution in [3.63, 3.8) is 0 Å². The number of Topliss-reactive ketones (excluding diaryl/α,β-unsaturated/α-hetero) is 1. The second-order valence-electron chi connectivity index (χ2n) is 8.67. The summed E-state index contributed by atoms with van der Waals surface area (Å²) in [5.74, 6) is 2.06. The standard InChI is InChI=1S/C20H24N2O2/c21-20-7-6-14(23)18-19(20)8-9-22(11-12-4-5-12)16(20)10-13-2-1-3-15(24-18)17(13)19/h1-3,12,16,18H,4-11,21H2/t16-,18+,19+,20-/m1/s1. The maximum Gasteiger partial charge on any atom is 0.174 e. The van der Waals surface area contributed by atoms with E-state index in [1.54, 1.807) is 0 Å². The van der Waals surface area contributed by atoms with Gasteiger partial charge < -0.3 is 10.5 Å². The van der Waals surface area contributed by atoms with Gasteiger partial charge >= 0.3 is 0 Å². The lowest BCUT2D eigenvalue weighted by Crippen LogP contribution is -2.80. The Morgan fingerprint density at radius 3 is 3.00 bits per heavy atom. The number of ether oxygens (including phenoxy) is 1. The molecule has 3 fully saturated rings. The zero-order chi connectivity index (χ0) is 16.1. The third-order valence-corrected chi connectivity index (χ3v) is 7.59. The van der Waals surface area contributed by atoms with Crippen LogP contribution in [-0.4, -0.2) is 41.5 Å². The summed E-state index contributed by atoms with van der Waals surface area (Å²) in [5.41, 5.74) is 9.27. The maximum absolute atomic E-state index is 12.7. The molecule has 2 heterocycles. The van der Waals surface area contributed by atoms with Crippen molar-refractivity contribution in [1.82, 2.24) is 4.90 Å². The van der Waals surface area contributed by atoms with Gasteiger partial charge in [0.05, 0.1) is 5.41 Å². The molecule has 2 bridgehead atoms. The number of likely N-dealkylation sites (tertiary alicyclic amines) is 1. The Labute approximate surface area is 142 Å². The van der Waals surface area contributed by atoms with Crippen LogP contribution in [0.2, 0.25) is 0 Å². The van der Waals surface area contributed by atoms with Crippen molar-refractivity contribution in [2.45, 2.75) is 61.6 Å². The van der Waals surface area contributed by atoms with Crippen LogP contribution in [0.15, 0.2) is 18.2 Å². The van der Waals surface area contributed by atoms with Gasteiger partial charge in [0.25, 0.3) is 0 Å². The highest BCUT2D eigenvalue weighted by Crippen LogP contribution is 2.62. The summed E-state index contributed by atoms with van der Waals surface area (Å²) in [7, 11) is 0. The SMILES string of the molecule is N[C@@]12CCC(=O)[C@@H]3Oc4cccc5c4[C@@]31CCN(CC1CC1)[C@@H]2C5. The number of rotatable bonds is 2. The van der Waals surface area contributed by atoms with Crippen molar-refractivity contribution in [1.29, 1.82) is 0 Å². The van der Waals surface area contributed by atoms with Crippen molar-refractivity contribution in [3.8, 4) is 5.75 Å². The molecule has 3 aliphatic carbocycles. The average molecular weight is 324 g/mol. The Morgan fingerprint density at radius 2 is 2.17 bits per heavy atom. The summed E-state index contributed by atoms with van der Waals surface area (Å²) in [6, 6.07) is 6.71. The van der Waals surface area contributed by atoms with Crippen LogP contribution < -0.4 is 10.5 Å². The lowest BCUT2D eigenvalue weighted by atomic mass is 9.47. The predicted molar refractivity (Wildman–Crippen MR) is 90.1 cm³/mol. The zero-order valence-electron chi connectivity index (χ0n) is 14.0. The molecule has 2 N–H and O–H groups in total. The molecule has 6 rings (SSSR count). The van der Waals surface area contributed by atoms with Crippen molar-refractivity contribution in [2.75, 3.05) is 13.1 Å². The van der Waals surface area contributed by atoms with E-state index < -0.39 is 0 Å². The molecular weight excluding hydrogens is 300 g/mol. The number of nitrogens with two attached hydrogens (primary N) is 1. The van der Waals surface area contributed by atoms with Crippen LogP contribution in [0.5, 0.6) is 5.75 Å². The fourth-order valence-electron chi connectivity index (χ4n) is 6.34. The molecule has 5 aliphatic rings. The quantitative estimate of drug-likeness (QED) is 0.901. The summed E-state index contributed by atoms with van der Waals surface area (Å²) in [6.45, 7) is 2.25. The van der Waals surface area contributed by atoms with Crippen LogP contribution in [0.1, 0.15) is 43.2 Å². The van der Waals surface area contributed by atoms with E-state index in [1.807, 2.05) is 6.07 Å². The number of carbonyl (C=O) groups is 1. The summed E-state index contributed by atoms with van der Waals surface area (Å²) >= 11 is 0. The molecule has 1 aromatic rings. The second-order valence-corrected chi connectivity index (χ2v) is 8.67. The van der Waals surface area contributed by atoms with Gasteiger partial charge in [0, 0.05) is 30.1 Å². The van der Waals surface area contributed by atoms with Gasteiger partial charge in [0.15, 0.2) is 11.9 Å². The molecule has 126 valence electrons. The molecule has 24 heavy (non-hydrogen) atoms. The molecule has 1 saturated heterocycles. The number of hydrogen-bond acceptors (Lipinski definition) is 4. The van der Waals surface area contributed by atoms with E-state index in [9.17, 15) is 4.79 Å². The molecule has 1 spiro atoms. The molecule has 0 aromatic heterocycles. The van der Waals surface area contributed by atoms with Crippen LogP contribution in [-0.2, 0) is 16.6 Å². The van der Waals surface area contributed by atoms with E-state index in [0.29, 0.717) is 12.5 Å². The van der Waals surface area contributed by atoms with Gasteiger partial charge in [-0.3, -0.25) is 9.69 Å². The lowest BCUT2D eigenvalue weighted by molar-refractivity contribution is -0.141. The van der Waals surface area contributed by atoms with Gasteiger partial charge in [0.1, 0.15) is 5.75 Å². The number of benzene rings is 1. The molecule has 1 aromatic carbocycles. The van der Waals surface area contributed by atoms with Crippen molar-refractivity contribution >= 4 is 5.78 Å². The Balaban J connectivity index is 1.56. The largest absolute Gasteiger partial charge is 0.481 e. The summed E-state index contributed by atoms with van der Waals surface area (Å²) in [4.78, 5) is 15.4. The summed E-state index contributed by atoms with van der Waals surface area (Å²) in [6.07, 6.45) is 5.75. The fraction of sp³-hybridized carbons (Fsp3) is 0.650. The van der Waals surface area contributed by atoms with Crippen LogP contribution in [0.25, 0.3) is 0 Å². The average Bonchev–Trinajstić information content (AvgIpc) is 3.31. The Kier molecular flexibility index (Phi) is 2.44. The highest BCUT2D eigenvalue weighted by atomic mass is 16.5. The van der Waals surface area contributed by atoms with Gasteiger partial charge in [-0.25, -0.2) is 0 Å². The van der Waals surface area contributed by atoms with Crippen LogP contribution in [0.4, 0.5) is 0 Å². The van der Waals surface area contributed by atoms with E-state index in [2.05, 4.69) is 17.0 Å². The smallest absolute Gasteiger partial charge is 0.174 e. The van der Waals surface area contributed by atoms with Crippen LogP contribution in [0.3, 0.4) is 0 Å². The Bertz CT molecular complexity index is 758. The highest BCUT2D eigenvalue weighted by Gasteiger charge is 2.71. The van der Waals surface area contributed by atoms with E-state index in [1.165, 1.54) is 30.5 Å². The number of nitrogens with zero attached hydrogens (tertiary/aromatic N) is 1. The number of carbonyl (C=O) groups excluding carboxylic acids is 1. The minimum atomic E-state index is -0.349. The third-order valence-electron chi connectivity index (χ3n) is 7.59. The van der Waals surface area contributed by atoms with Crippen LogP contribution in [0, 0.1) is 5.92 Å². The van der Waals surface area contributed by atoms with Crippen molar-refractivity contribution in [3.05, 3.63) is 29.3 Å². The topological polar surface area (TPSA) is 55.6 Å². The normalized spacial score (nSPS) is 42.6. The first-order valence-electron chi connectivity index (χ1n) is 9.48. The second kappa shape index (κ2) is 4.23. The Hall–Kier alpha value is -1.39. The molecule has 4 nitrogen and oxygen atoms in total. The first kappa shape index (κ1) is 13.9. The van der Waals surface area contributed by atoms with E-state index in [0.717, 1.165) is 37.5 Å². The fourth-order valence-corrected chi connectivity index (χ4v) is 6.34. The third kappa shape index (κ3) is 1.42.